The van der Waals surface area contributed by atoms with Crippen molar-refractivity contribution in [3.8, 4) is 0 Å². The summed E-state index contributed by atoms with van der Waals surface area (Å²) in [5.41, 5.74) is 2.00. The van der Waals surface area contributed by atoms with Gasteiger partial charge >= 0.3 is 0 Å². The van der Waals surface area contributed by atoms with E-state index in [4.69, 9.17) is 0 Å². The zero-order chi connectivity index (χ0) is 14.7. The summed E-state index contributed by atoms with van der Waals surface area (Å²) in [4.78, 5) is 5.17. The maximum atomic E-state index is 13.8. The highest BCUT2D eigenvalue weighted by Crippen LogP contribution is 2.25. The van der Waals surface area contributed by atoms with Crippen LogP contribution in [0.2, 0.25) is 0 Å². The van der Waals surface area contributed by atoms with E-state index < -0.39 is 0 Å². The molecule has 0 radical (unpaired) electrons. The molecule has 1 N–H and O–H groups in total. The fourth-order valence-electron chi connectivity index (χ4n) is 2.07. The molecule has 2 aromatic rings. The molecule has 1 aromatic carbocycles. The van der Waals surface area contributed by atoms with Gasteiger partial charge in [-0.25, -0.2) is 9.37 Å². The quantitative estimate of drug-likeness (QED) is 0.809. The molecule has 2 rings (SSSR count). The van der Waals surface area contributed by atoms with Crippen molar-refractivity contribution in [1.29, 1.82) is 0 Å². The molecule has 5 heteroatoms. The lowest BCUT2D eigenvalue weighted by atomic mass is 10.1. The van der Waals surface area contributed by atoms with Crippen molar-refractivity contribution < 1.29 is 4.39 Å². The molecular weight excluding hydrogens is 291 g/mol. The monoisotopic (exact) mass is 310 g/mol. The van der Waals surface area contributed by atoms with Crippen LogP contribution in [0.1, 0.15) is 42.2 Å². The summed E-state index contributed by atoms with van der Waals surface area (Å²) in [6, 6.07) is 5.67. The average molecular weight is 310 g/mol. The van der Waals surface area contributed by atoms with E-state index in [2.05, 4.69) is 17.2 Å². The Labute approximate surface area is 127 Å². The van der Waals surface area contributed by atoms with Crippen LogP contribution >= 0.6 is 23.1 Å². The minimum absolute atomic E-state index is 0.0830. The first-order valence-electron chi connectivity index (χ1n) is 6.52. The van der Waals surface area contributed by atoms with Gasteiger partial charge < -0.3 is 5.32 Å². The van der Waals surface area contributed by atoms with Gasteiger partial charge in [-0.3, -0.25) is 0 Å². The second-order valence-corrected chi connectivity index (χ2v) is 6.57. The van der Waals surface area contributed by atoms with Crippen molar-refractivity contribution in [3.05, 3.63) is 45.7 Å². The lowest BCUT2D eigenvalue weighted by Gasteiger charge is -2.19. The van der Waals surface area contributed by atoms with Gasteiger partial charge in [0, 0.05) is 22.0 Å². The van der Waals surface area contributed by atoms with Crippen molar-refractivity contribution in [2.45, 2.75) is 37.8 Å². The second-order valence-electron chi connectivity index (χ2n) is 4.83. The number of halogens is 1. The Kier molecular flexibility index (Phi) is 5.18. The zero-order valence-electron chi connectivity index (χ0n) is 12.1. The van der Waals surface area contributed by atoms with Crippen molar-refractivity contribution in [2.24, 2.45) is 0 Å². The van der Waals surface area contributed by atoms with Crippen LogP contribution < -0.4 is 5.32 Å². The predicted octanol–water partition coefficient (Wildman–Crippen LogP) is 4.72. The van der Waals surface area contributed by atoms with Crippen LogP contribution in [0.5, 0.6) is 0 Å². The summed E-state index contributed by atoms with van der Waals surface area (Å²) in [6.07, 6.45) is 1.88. The van der Waals surface area contributed by atoms with Gasteiger partial charge in [0.15, 0.2) is 0 Å². The number of nitrogens with one attached hydrogen (secondary N) is 1. The first kappa shape index (κ1) is 15.5. The van der Waals surface area contributed by atoms with Crippen LogP contribution in [0.15, 0.2) is 28.5 Å². The molecule has 0 saturated heterocycles. The van der Waals surface area contributed by atoms with Crippen LogP contribution in [0, 0.1) is 12.7 Å². The Morgan fingerprint density at radius 3 is 2.60 bits per heavy atom. The van der Waals surface area contributed by atoms with Crippen molar-refractivity contribution >= 4 is 23.1 Å². The van der Waals surface area contributed by atoms with Gasteiger partial charge in [0.25, 0.3) is 0 Å². The third-order valence-electron chi connectivity index (χ3n) is 3.18. The zero-order valence-corrected chi connectivity index (χ0v) is 13.7. The topological polar surface area (TPSA) is 24.9 Å². The van der Waals surface area contributed by atoms with E-state index in [-0.39, 0.29) is 17.9 Å². The lowest BCUT2D eigenvalue weighted by Crippen LogP contribution is -2.22. The highest BCUT2D eigenvalue weighted by molar-refractivity contribution is 7.98. The number of aryl methyl sites for hydroxylation is 1. The summed E-state index contributed by atoms with van der Waals surface area (Å²) in [7, 11) is 0. The number of hydrogen-bond donors (Lipinski definition) is 1. The molecule has 2 unspecified atom stereocenters. The van der Waals surface area contributed by atoms with Crippen LogP contribution in [0.4, 0.5) is 4.39 Å². The molecule has 2 nitrogen and oxygen atoms in total. The van der Waals surface area contributed by atoms with Crippen LogP contribution in [-0.4, -0.2) is 11.2 Å². The number of benzene rings is 1. The molecule has 20 heavy (non-hydrogen) atoms. The molecule has 0 amide bonds. The van der Waals surface area contributed by atoms with Gasteiger partial charge in [0.05, 0.1) is 6.04 Å². The third kappa shape index (κ3) is 3.59. The molecule has 0 bridgehead atoms. The van der Waals surface area contributed by atoms with E-state index in [1.54, 1.807) is 17.4 Å². The second kappa shape index (κ2) is 6.70. The summed E-state index contributed by atoms with van der Waals surface area (Å²) >= 11 is 3.08. The van der Waals surface area contributed by atoms with Crippen molar-refractivity contribution in [1.82, 2.24) is 10.3 Å². The van der Waals surface area contributed by atoms with Gasteiger partial charge in [-0.05, 0) is 44.7 Å². The molecule has 0 fully saturated rings. The molecule has 0 aliphatic carbocycles. The number of aromatic nitrogens is 1. The van der Waals surface area contributed by atoms with Gasteiger partial charge in [-0.1, -0.05) is 6.07 Å². The molecule has 2 atom stereocenters. The Morgan fingerprint density at radius 1 is 1.30 bits per heavy atom. The molecular formula is C15H19FN2S2. The standard InChI is InChI=1S/C15H19FN2S2/c1-9-8-20-15(17-9)11(3)18-10(2)12-5-6-14(19-4)13(16)7-12/h5-8,10-11,18H,1-4H3. The van der Waals surface area contributed by atoms with E-state index in [0.717, 1.165) is 16.3 Å². The minimum atomic E-state index is -0.151. The summed E-state index contributed by atoms with van der Waals surface area (Å²) in [6.45, 7) is 6.12. The van der Waals surface area contributed by atoms with Gasteiger partial charge in [-0.2, -0.15) is 0 Å². The van der Waals surface area contributed by atoms with Crippen molar-refractivity contribution in [2.75, 3.05) is 6.26 Å². The fourth-order valence-corrected chi connectivity index (χ4v) is 3.34. The van der Waals surface area contributed by atoms with Gasteiger partial charge in [0.2, 0.25) is 0 Å². The smallest absolute Gasteiger partial charge is 0.137 e. The Bertz CT molecular complexity index is 583. The van der Waals surface area contributed by atoms with Gasteiger partial charge in [0.1, 0.15) is 10.8 Å². The lowest BCUT2D eigenvalue weighted by molar-refractivity contribution is 0.489. The fraction of sp³-hybridized carbons (Fsp3) is 0.400. The highest BCUT2D eigenvalue weighted by Gasteiger charge is 2.15. The van der Waals surface area contributed by atoms with E-state index in [1.165, 1.54) is 11.8 Å². The molecule has 0 aliphatic rings. The van der Waals surface area contributed by atoms with Crippen LogP contribution in [0.3, 0.4) is 0 Å². The summed E-state index contributed by atoms with van der Waals surface area (Å²) < 4.78 is 13.8. The number of nitrogens with zero attached hydrogens (tertiary/aromatic N) is 1. The Morgan fingerprint density at radius 2 is 2.05 bits per heavy atom. The Balaban J connectivity index is 2.07. The largest absolute Gasteiger partial charge is 0.302 e. The van der Waals surface area contributed by atoms with E-state index >= 15 is 0 Å². The molecule has 108 valence electrons. The third-order valence-corrected chi connectivity index (χ3v) is 5.10. The van der Waals surface area contributed by atoms with Crippen LogP contribution in [-0.2, 0) is 0 Å². The number of hydrogen-bond acceptors (Lipinski definition) is 4. The van der Waals surface area contributed by atoms with Gasteiger partial charge in [-0.15, -0.1) is 23.1 Å². The first-order chi connectivity index (χ1) is 9.51. The van der Waals surface area contributed by atoms with E-state index in [9.17, 15) is 4.39 Å². The molecule has 0 spiro atoms. The number of thioether (sulfide) groups is 1. The molecule has 0 aliphatic heterocycles. The Hall–Kier alpha value is -0.910. The number of thiazole rings is 1. The summed E-state index contributed by atoms with van der Waals surface area (Å²) in [5.74, 6) is -0.151. The van der Waals surface area contributed by atoms with Crippen LogP contribution in [0.25, 0.3) is 0 Å². The normalized spacial score (nSPS) is 14.2. The SMILES string of the molecule is CSc1ccc(C(C)NC(C)c2nc(C)cs2)cc1F. The predicted molar refractivity (Wildman–Crippen MR) is 85.0 cm³/mol. The minimum Gasteiger partial charge on any atom is -0.302 e. The average Bonchev–Trinajstić information content (AvgIpc) is 2.85. The van der Waals surface area contributed by atoms with Crippen molar-refractivity contribution in [3.63, 3.8) is 0 Å². The molecule has 1 aromatic heterocycles. The first-order valence-corrected chi connectivity index (χ1v) is 8.63. The molecule has 1 heterocycles. The maximum Gasteiger partial charge on any atom is 0.137 e. The maximum absolute atomic E-state index is 13.8. The van der Waals surface area contributed by atoms with E-state index in [0.29, 0.717) is 4.90 Å². The number of rotatable bonds is 5. The van der Waals surface area contributed by atoms with E-state index in [1.807, 2.05) is 37.6 Å². The summed E-state index contributed by atoms with van der Waals surface area (Å²) in [5, 5.41) is 6.58. The molecule has 0 saturated carbocycles. The highest BCUT2D eigenvalue weighted by atomic mass is 32.2.